The van der Waals surface area contributed by atoms with Crippen LogP contribution in [-0.2, 0) is 16.0 Å². The molecule has 0 radical (unpaired) electrons. The maximum Gasteiger partial charge on any atom is 0.269 e. The molecule has 1 aliphatic heterocycles. The van der Waals surface area contributed by atoms with Crippen LogP contribution in [0.5, 0.6) is 0 Å². The fourth-order valence-corrected chi connectivity index (χ4v) is 5.36. The molecule has 2 amide bonds. The first-order chi connectivity index (χ1) is 16.4. The number of rotatable bonds is 5. The Hall–Kier alpha value is -3.53. The van der Waals surface area contributed by atoms with Crippen molar-refractivity contribution in [3.63, 3.8) is 0 Å². The van der Waals surface area contributed by atoms with Crippen molar-refractivity contribution < 1.29 is 9.59 Å². The molecule has 1 saturated heterocycles. The quantitative estimate of drug-likeness (QED) is 0.352. The smallest absolute Gasteiger partial charge is 0.269 e. The highest BCUT2D eigenvalue weighted by Crippen LogP contribution is 2.42. The number of nitrogens with one attached hydrogen (secondary N) is 1. The predicted octanol–water partition coefficient (Wildman–Crippen LogP) is 6.02. The number of nitrogens with zero attached hydrogens (tertiary/aromatic N) is 2. The molecule has 1 fully saturated rings. The van der Waals surface area contributed by atoms with Crippen LogP contribution < -0.4 is 10.2 Å². The molecule has 34 heavy (non-hydrogen) atoms. The van der Waals surface area contributed by atoms with Crippen LogP contribution in [0.4, 0.5) is 11.4 Å². The Morgan fingerprint density at radius 1 is 1.03 bits per heavy atom. The van der Waals surface area contributed by atoms with Gasteiger partial charge >= 0.3 is 0 Å². The zero-order chi connectivity index (χ0) is 24.2. The second kappa shape index (κ2) is 10.2. The number of amides is 2. The third kappa shape index (κ3) is 4.72. The number of hydrogen-bond donors (Lipinski definition) is 1. The molecule has 3 aromatic carbocycles. The first kappa shape index (κ1) is 23.6. The molecule has 0 aliphatic carbocycles. The van der Waals surface area contributed by atoms with E-state index in [0.717, 1.165) is 16.7 Å². The third-order valence-electron chi connectivity index (χ3n) is 5.60. The minimum atomic E-state index is -0.547. The van der Waals surface area contributed by atoms with Crippen molar-refractivity contribution in [1.29, 1.82) is 5.26 Å². The van der Waals surface area contributed by atoms with Crippen LogP contribution >= 0.6 is 23.4 Å². The number of anilines is 2. The van der Waals surface area contributed by atoms with E-state index in [1.165, 1.54) is 16.7 Å². The topological polar surface area (TPSA) is 73.2 Å². The SMILES string of the molecule is Cc1cccc(C)c1NC(=O)/C(C#N)=C1/SC(Cc2ccccc2Cl)C(=O)N1c1ccccc1. The van der Waals surface area contributed by atoms with E-state index in [1.807, 2.05) is 74.5 Å². The molecule has 1 aliphatic rings. The molecule has 0 bridgehead atoms. The average molecular weight is 488 g/mol. The Morgan fingerprint density at radius 2 is 1.68 bits per heavy atom. The van der Waals surface area contributed by atoms with Crippen LogP contribution in [0.2, 0.25) is 5.02 Å². The van der Waals surface area contributed by atoms with Gasteiger partial charge in [0.2, 0.25) is 5.91 Å². The molecule has 1 atom stereocenters. The molecule has 1 N–H and O–H groups in total. The Balaban J connectivity index is 1.75. The number of halogens is 1. The van der Waals surface area contributed by atoms with Gasteiger partial charge in [-0.15, -0.1) is 0 Å². The molecule has 0 saturated carbocycles. The second-order valence-electron chi connectivity index (χ2n) is 7.92. The summed E-state index contributed by atoms with van der Waals surface area (Å²) in [5, 5.41) is 13.3. The summed E-state index contributed by atoms with van der Waals surface area (Å²) >= 11 is 7.56. The van der Waals surface area contributed by atoms with E-state index in [4.69, 9.17) is 11.6 Å². The summed E-state index contributed by atoms with van der Waals surface area (Å²) < 4.78 is 0. The number of carbonyl (C=O) groups excluding carboxylic acids is 2. The molecular formula is C27H22ClN3O2S. The zero-order valence-electron chi connectivity index (χ0n) is 18.7. The molecule has 1 heterocycles. The molecule has 3 aromatic rings. The highest BCUT2D eigenvalue weighted by molar-refractivity contribution is 8.05. The molecule has 5 nitrogen and oxygen atoms in total. The minimum absolute atomic E-state index is 0.105. The predicted molar refractivity (Wildman–Crippen MR) is 138 cm³/mol. The lowest BCUT2D eigenvalue weighted by atomic mass is 10.1. The van der Waals surface area contributed by atoms with E-state index in [1.54, 1.807) is 18.2 Å². The number of nitriles is 1. The van der Waals surface area contributed by atoms with E-state index in [-0.39, 0.29) is 11.5 Å². The van der Waals surface area contributed by atoms with E-state index in [0.29, 0.717) is 27.8 Å². The van der Waals surface area contributed by atoms with Crippen molar-refractivity contribution in [2.45, 2.75) is 25.5 Å². The Labute approximate surface area is 208 Å². The lowest BCUT2D eigenvalue weighted by Gasteiger charge is -2.19. The number of hydrogen-bond acceptors (Lipinski definition) is 4. The van der Waals surface area contributed by atoms with E-state index >= 15 is 0 Å². The molecule has 4 rings (SSSR count). The van der Waals surface area contributed by atoms with Crippen LogP contribution in [0.15, 0.2) is 83.4 Å². The Bertz CT molecular complexity index is 1310. The highest BCUT2D eigenvalue weighted by Gasteiger charge is 2.41. The molecule has 1 unspecified atom stereocenters. The summed E-state index contributed by atoms with van der Waals surface area (Å²) in [6.45, 7) is 3.79. The number of benzene rings is 3. The van der Waals surface area contributed by atoms with Crippen LogP contribution in [0.1, 0.15) is 16.7 Å². The van der Waals surface area contributed by atoms with Crippen LogP contribution in [0.3, 0.4) is 0 Å². The first-order valence-electron chi connectivity index (χ1n) is 10.7. The second-order valence-corrected chi connectivity index (χ2v) is 9.52. The van der Waals surface area contributed by atoms with E-state index in [2.05, 4.69) is 5.32 Å². The summed E-state index contributed by atoms with van der Waals surface area (Å²) in [7, 11) is 0. The Morgan fingerprint density at radius 3 is 2.32 bits per heavy atom. The summed E-state index contributed by atoms with van der Waals surface area (Å²) in [6.07, 6.45) is 0.382. The summed E-state index contributed by atoms with van der Waals surface area (Å²) in [5.41, 5.74) is 3.78. The summed E-state index contributed by atoms with van der Waals surface area (Å²) in [4.78, 5) is 28.3. The van der Waals surface area contributed by atoms with Gasteiger partial charge in [-0.1, -0.05) is 78.0 Å². The van der Waals surface area contributed by atoms with Gasteiger partial charge in [0.15, 0.2) is 0 Å². The molecule has 0 aromatic heterocycles. The number of carbonyl (C=O) groups is 2. The standard InChI is InChI=1S/C27H22ClN3O2S/c1-17-9-8-10-18(2)24(17)30-25(32)21(16-29)27-31(20-12-4-3-5-13-20)26(33)23(34-27)15-19-11-6-7-14-22(19)28/h3-14,23H,15H2,1-2H3,(H,30,32)/b27-21+. The van der Waals surface area contributed by atoms with Crippen LogP contribution in [0, 0.1) is 25.2 Å². The summed E-state index contributed by atoms with van der Waals surface area (Å²) in [5.74, 6) is -0.742. The van der Waals surface area contributed by atoms with Crippen molar-refractivity contribution in [3.05, 3.63) is 105 Å². The van der Waals surface area contributed by atoms with Gasteiger partial charge < -0.3 is 5.32 Å². The first-order valence-corrected chi connectivity index (χ1v) is 12.0. The van der Waals surface area contributed by atoms with E-state index in [9.17, 15) is 14.9 Å². The molecule has 170 valence electrons. The maximum absolute atomic E-state index is 13.5. The highest BCUT2D eigenvalue weighted by atomic mass is 35.5. The largest absolute Gasteiger partial charge is 0.321 e. The van der Waals surface area contributed by atoms with Gasteiger partial charge in [0.1, 0.15) is 16.7 Å². The summed E-state index contributed by atoms with van der Waals surface area (Å²) in [6, 6.07) is 24.2. The third-order valence-corrected chi connectivity index (χ3v) is 7.23. The van der Waals surface area contributed by atoms with Crippen molar-refractivity contribution in [3.8, 4) is 6.07 Å². The van der Waals surface area contributed by atoms with Gasteiger partial charge in [-0.25, -0.2) is 0 Å². The van der Waals surface area contributed by atoms with Crippen LogP contribution in [-0.4, -0.2) is 17.1 Å². The molecule has 0 spiro atoms. The molecule has 7 heteroatoms. The number of thioether (sulfide) groups is 1. The van der Waals surface area contributed by atoms with Gasteiger partial charge in [0, 0.05) is 16.4 Å². The van der Waals surface area contributed by atoms with Gasteiger partial charge in [0.05, 0.1) is 5.25 Å². The van der Waals surface area contributed by atoms with Gasteiger partial charge in [0.25, 0.3) is 5.91 Å². The lowest BCUT2D eigenvalue weighted by Crippen LogP contribution is -2.31. The van der Waals surface area contributed by atoms with Crippen LogP contribution in [0.25, 0.3) is 0 Å². The van der Waals surface area contributed by atoms with Gasteiger partial charge in [-0.05, 0) is 55.2 Å². The normalized spacial score (nSPS) is 16.8. The maximum atomic E-state index is 13.5. The average Bonchev–Trinajstić information content (AvgIpc) is 3.14. The monoisotopic (exact) mass is 487 g/mol. The number of aryl methyl sites for hydroxylation is 2. The lowest BCUT2D eigenvalue weighted by molar-refractivity contribution is -0.117. The molecular weight excluding hydrogens is 466 g/mol. The minimum Gasteiger partial charge on any atom is -0.321 e. The number of para-hydroxylation sites is 2. The van der Waals surface area contributed by atoms with Crippen molar-refractivity contribution in [2.75, 3.05) is 10.2 Å². The van der Waals surface area contributed by atoms with Gasteiger partial charge in [-0.2, -0.15) is 5.26 Å². The van der Waals surface area contributed by atoms with Gasteiger partial charge in [-0.3, -0.25) is 14.5 Å². The fraction of sp³-hybridized carbons (Fsp3) is 0.148. The van der Waals surface area contributed by atoms with E-state index < -0.39 is 11.2 Å². The van der Waals surface area contributed by atoms with Crippen molar-refractivity contribution in [2.24, 2.45) is 0 Å². The van der Waals surface area contributed by atoms with Crippen molar-refractivity contribution >= 4 is 46.6 Å². The zero-order valence-corrected chi connectivity index (χ0v) is 20.3. The fourth-order valence-electron chi connectivity index (χ4n) is 3.85. The van der Waals surface area contributed by atoms with Crippen molar-refractivity contribution in [1.82, 2.24) is 0 Å². The Kier molecular flexibility index (Phi) is 7.06.